The molecule has 134 valence electrons. The van der Waals surface area contributed by atoms with Crippen LogP contribution in [0.3, 0.4) is 0 Å². The number of benzene rings is 3. The molecule has 3 aromatic carbocycles. The number of hydrogen-bond acceptors (Lipinski definition) is 3. The Labute approximate surface area is 158 Å². The van der Waals surface area contributed by atoms with Gasteiger partial charge < -0.3 is 9.64 Å². The van der Waals surface area contributed by atoms with Gasteiger partial charge in [0.2, 0.25) is 0 Å². The molecule has 27 heavy (non-hydrogen) atoms. The van der Waals surface area contributed by atoms with Gasteiger partial charge in [-0.2, -0.15) is 0 Å². The maximum atomic E-state index is 13.1. The lowest BCUT2D eigenvalue weighted by Gasteiger charge is -2.29. The predicted octanol–water partition coefficient (Wildman–Crippen LogP) is 4.60. The minimum Gasteiger partial charge on any atom is -0.497 e. The molecule has 1 aliphatic heterocycles. The number of hydrogen-bond donors (Lipinski definition) is 0. The standard InChI is InChI=1S/C23H19NO3/c1-27-19-11-12-21-20(15-19)22(25)13-14-24(21)23(26)18-9-7-17(8-10-18)16-5-3-2-4-6-16/h2-12,15H,13-14H2,1H3. The van der Waals surface area contributed by atoms with Crippen molar-refractivity contribution in [3.63, 3.8) is 0 Å². The van der Waals surface area contributed by atoms with E-state index in [-0.39, 0.29) is 11.7 Å². The fourth-order valence-electron chi connectivity index (χ4n) is 3.37. The molecule has 0 saturated heterocycles. The molecule has 0 fully saturated rings. The van der Waals surface area contributed by atoms with Crippen LogP contribution in [0.25, 0.3) is 11.1 Å². The zero-order chi connectivity index (χ0) is 18.8. The van der Waals surface area contributed by atoms with Crippen LogP contribution in [0.1, 0.15) is 27.1 Å². The SMILES string of the molecule is COc1ccc2c(c1)C(=O)CCN2C(=O)c1ccc(-c2ccccc2)cc1. The van der Waals surface area contributed by atoms with E-state index in [2.05, 4.69) is 0 Å². The summed E-state index contributed by atoms with van der Waals surface area (Å²) in [6.45, 7) is 0.386. The van der Waals surface area contributed by atoms with E-state index < -0.39 is 0 Å². The second-order valence-electron chi connectivity index (χ2n) is 6.46. The van der Waals surface area contributed by atoms with Crippen LogP contribution in [-0.2, 0) is 0 Å². The van der Waals surface area contributed by atoms with Gasteiger partial charge in [-0.25, -0.2) is 0 Å². The molecule has 1 aliphatic rings. The zero-order valence-electron chi connectivity index (χ0n) is 15.0. The van der Waals surface area contributed by atoms with Crippen molar-refractivity contribution in [2.45, 2.75) is 6.42 Å². The number of carbonyl (C=O) groups excluding carboxylic acids is 2. The average molecular weight is 357 g/mol. The summed E-state index contributed by atoms with van der Waals surface area (Å²) in [5, 5.41) is 0. The molecule has 0 spiro atoms. The number of ether oxygens (including phenoxy) is 1. The van der Waals surface area contributed by atoms with Crippen molar-refractivity contribution in [3.8, 4) is 16.9 Å². The molecule has 0 N–H and O–H groups in total. The van der Waals surface area contributed by atoms with Gasteiger partial charge in [0.05, 0.1) is 12.8 Å². The molecule has 0 aliphatic carbocycles. The third-order valence-electron chi connectivity index (χ3n) is 4.84. The maximum Gasteiger partial charge on any atom is 0.258 e. The first-order chi connectivity index (χ1) is 13.2. The first-order valence-electron chi connectivity index (χ1n) is 8.86. The number of anilines is 1. The third-order valence-corrected chi connectivity index (χ3v) is 4.84. The van der Waals surface area contributed by atoms with Gasteiger partial charge in [0.25, 0.3) is 5.91 Å². The Morgan fingerprint density at radius 2 is 1.63 bits per heavy atom. The molecule has 1 amide bonds. The predicted molar refractivity (Wildman–Crippen MR) is 105 cm³/mol. The summed E-state index contributed by atoms with van der Waals surface area (Å²) in [6.07, 6.45) is 0.313. The Hall–Kier alpha value is -3.40. The largest absolute Gasteiger partial charge is 0.497 e. The lowest BCUT2D eigenvalue weighted by atomic mass is 9.98. The Morgan fingerprint density at radius 3 is 2.33 bits per heavy atom. The molecule has 0 atom stereocenters. The fourth-order valence-corrected chi connectivity index (χ4v) is 3.37. The minimum atomic E-state index is -0.103. The Kier molecular flexibility index (Phi) is 4.47. The number of ketones is 1. The molecular weight excluding hydrogens is 338 g/mol. The molecule has 3 aromatic rings. The van der Waals surface area contributed by atoms with Crippen molar-refractivity contribution in [3.05, 3.63) is 83.9 Å². The number of Topliss-reactive ketones (excluding diaryl/α,β-unsaturated/α-hetero) is 1. The summed E-state index contributed by atoms with van der Waals surface area (Å²) in [7, 11) is 1.56. The van der Waals surface area contributed by atoms with Gasteiger partial charge in [-0.15, -0.1) is 0 Å². The van der Waals surface area contributed by atoms with Gasteiger partial charge in [-0.05, 0) is 41.5 Å². The van der Waals surface area contributed by atoms with E-state index >= 15 is 0 Å². The summed E-state index contributed by atoms with van der Waals surface area (Å²) in [4.78, 5) is 27.0. The Bertz CT molecular complexity index is 994. The molecule has 4 rings (SSSR count). The van der Waals surface area contributed by atoms with Crippen molar-refractivity contribution in [2.75, 3.05) is 18.6 Å². The van der Waals surface area contributed by atoms with Gasteiger partial charge in [0, 0.05) is 24.1 Å². The Balaban J connectivity index is 1.64. The van der Waals surface area contributed by atoms with Crippen LogP contribution in [0.4, 0.5) is 5.69 Å². The van der Waals surface area contributed by atoms with Crippen molar-refractivity contribution in [1.29, 1.82) is 0 Å². The van der Waals surface area contributed by atoms with Crippen LogP contribution >= 0.6 is 0 Å². The summed E-state index contributed by atoms with van der Waals surface area (Å²) >= 11 is 0. The molecule has 4 heteroatoms. The van der Waals surface area contributed by atoms with Crippen molar-refractivity contribution in [1.82, 2.24) is 0 Å². The van der Waals surface area contributed by atoms with Gasteiger partial charge >= 0.3 is 0 Å². The number of methoxy groups -OCH3 is 1. The number of fused-ring (bicyclic) bond motifs is 1. The lowest BCUT2D eigenvalue weighted by Crippen LogP contribution is -2.37. The topological polar surface area (TPSA) is 46.6 Å². The van der Waals surface area contributed by atoms with Crippen LogP contribution in [-0.4, -0.2) is 25.3 Å². The van der Waals surface area contributed by atoms with Crippen LogP contribution < -0.4 is 9.64 Å². The van der Waals surface area contributed by atoms with Crippen molar-refractivity contribution >= 4 is 17.4 Å². The first kappa shape index (κ1) is 17.0. The monoisotopic (exact) mass is 357 g/mol. The quantitative estimate of drug-likeness (QED) is 0.688. The van der Waals surface area contributed by atoms with Crippen LogP contribution in [0.15, 0.2) is 72.8 Å². The van der Waals surface area contributed by atoms with Crippen LogP contribution in [0.5, 0.6) is 5.75 Å². The molecule has 0 bridgehead atoms. The highest BCUT2D eigenvalue weighted by Gasteiger charge is 2.28. The van der Waals surface area contributed by atoms with Crippen molar-refractivity contribution in [2.24, 2.45) is 0 Å². The summed E-state index contributed by atoms with van der Waals surface area (Å²) < 4.78 is 5.21. The molecule has 4 nitrogen and oxygen atoms in total. The molecule has 0 saturated carbocycles. The number of rotatable bonds is 3. The highest BCUT2D eigenvalue weighted by atomic mass is 16.5. The fraction of sp³-hybridized carbons (Fsp3) is 0.130. The number of nitrogens with zero attached hydrogens (tertiary/aromatic N) is 1. The summed E-state index contributed by atoms with van der Waals surface area (Å²) in [6, 6.07) is 22.9. The molecular formula is C23H19NO3. The van der Waals surface area contributed by atoms with E-state index in [4.69, 9.17) is 4.74 Å². The van der Waals surface area contributed by atoms with E-state index in [1.54, 1.807) is 30.2 Å². The molecule has 1 heterocycles. The lowest BCUT2D eigenvalue weighted by molar-refractivity contribution is 0.0955. The summed E-state index contributed by atoms with van der Waals surface area (Å²) in [5.41, 5.74) is 3.95. The molecule has 0 radical (unpaired) electrons. The van der Waals surface area contributed by atoms with Crippen molar-refractivity contribution < 1.29 is 14.3 Å². The zero-order valence-corrected chi connectivity index (χ0v) is 15.0. The second kappa shape index (κ2) is 7.08. The van der Waals surface area contributed by atoms with Crippen LogP contribution in [0.2, 0.25) is 0 Å². The van der Waals surface area contributed by atoms with Gasteiger partial charge in [0.15, 0.2) is 5.78 Å². The highest BCUT2D eigenvalue weighted by Crippen LogP contribution is 2.32. The van der Waals surface area contributed by atoms with Gasteiger partial charge in [0.1, 0.15) is 5.75 Å². The van der Waals surface area contributed by atoms with Gasteiger partial charge in [-0.3, -0.25) is 9.59 Å². The van der Waals surface area contributed by atoms with E-state index in [1.807, 2.05) is 54.6 Å². The summed E-state index contributed by atoms with van der Waals surface area (Å²) in [5.74, 6) is 0.546. The van der Waals surface area contributed by atoms with E-state index in [1.165, 1.54) is 0 Å². The number of amides is 1. The number of carbonyl (C=O) groups is 2. The van der Waals surface area contributed by atoms with E-state index in [0.29, 0.717) is 35.5 Å². The average Bonchev–Trinajstić information content (AvgIpc) is 2.74. The Morgan fingerprint density at radius 1 is 0.926 bits per heavy atom. The van der Waals surface area contributed by atoms with Crippen LogP contribution in [0, 0.1) is 0 Å². The maximum absolute atomic E-state index is 13.1. The first-order valence-corrected chi connectivity index (χ1v) is 8.86. The molecule has 0 unspecified atom stereocenters. The second-order valence-corrected chi connectivity index (χ2v) is 6.46. The third kappa shape index (κ3) is 3.22. The normalized spacial score (nSPS) is 13.2. The van der Waals surface area contributed by atoms with E-state index in [9.17, 15) is 9.59 Å². The highest BCUT2D eigenvalue weighted by molar-refractivity contribution is 6.13. The van der Waals surface area contributed by atoms with Gasteiger partial charge in [-0.1, -0.05) is 42.5 Å². The molecule has 0 aromatic heterocycles. The van der Waals surface area contributed by atoms with E-state index in [0.717, 1.165) is 11.1 Å². The smallest absolute Gasteiger partial charge is 0.258 e. The minimum absolute atomic E-state index is 0.0346.